The van der Waals surface area contributed by atoms with Gasteiger partial charge in [0, 0.05) is 38.8 Å². The fourth-order valence-electron chi connectivity index (χ4n) is 0. The first-order chi connectivity index (χ1) is 2.94. The van der Waals surface area contributed by atoms with Gasteiger partial charge in [-0.05, 0) is 6.92 Å². The molecule has 0 aliphatic carbocycles. The molecule has 0 saturated heterocycles. The predicted molar refractivity (Wildman–Crippen MR) is 30.1 cm³/mol. The van der Waals surface area contributed by atoms with Crippen molar-refractivity contribution in [1.29, 1.82) is 0 Å². The van der Waals surface area contributed by atoms with Crippen LogP contribution in [0.4, 0.5) is 0 Å². The molecule has 0 heterocycles. The summed E-state index contributed by atoms with van der Waals surface area (Å²) in [5, 5.41) is 8.70. The first-order valence-electron chi connectivity index (χ1n) is 2.37. The van der Waals surface area contributed by atoms with Gasteiger partial charge in [-0.3, -0.25) is 0 Å². The number of aliphatic hydroxyl groups excluding tert-OH is 1. The molecular weight excluding hydrogens is 179 g/mol. The average Bonchev–Trinajstić information content (AvgIpc) is 1.31. The van der Waals surface area contributed by atoms with Crippen molar-refractivity contribution in [2.75, 3.05) is 0 Å². The maximum Gasteiger partial charge on any atom is 0.0373 e. The van der Waals surface area contributed by atoms with E-state index >= 15 is 0 Å². The second-order valence-corrected chi connectivity index (χ2v) is 2.40. The van der Waals surface area contributed by atoms with Crippen LogP contribution in [0.15, 0.2) is 0 Å². The molecule has 0 aromatic rings. The van der Waals surface area contributed by atoms with Crippen molar-refractivity contribution >= 4 is 0 Å². The molecule has 2 nitrogen and oxygen atoms in total. The third kappa shape index (κ3) is 5.17. The van der Waals surface area contributed by atoms with E-state index in [1.807, 2.05) is 0 Å². The summed E-state index contributed by atoms with van der Waals surface area (Å²) in [5.41, 5.74) is 6.44. The van der Waals surface area contributed by atoms with Crippen molar-refractivity contribution < 1.29 is 37.8 Å². The molecule has 0 aromatic heterocycles. The maximum absolute atomic E-state index is 8.70. The van der Waals surface area contributed by atoms with E-state index in [-0.39, 0.29) is 32.7 Å². The van der Waals surface area contributed by atoms with Gasteiger partial charge in [0.15, 0.2) is 0 Å². The maximum atomic E-state index is 8.70. The molecule has 47 valence electrons. The zero-order valence-corrected chi connectivity index (χ0v) is 8.44. The third-order valence-electron chi connectivity index (χ3n) is 1.04. The van der Waals surface area contributed by atoms with Crippen LogP contribution in [-0.2, 0) is 32.7 Å². The van der Waals surface area contributed by atoms with Gasteiger partial charge in [-0.15, -0.1) is 5.54 Å². The monoisotopic (exact) mass is 191 g/mol. The van der Waals surface area contributed by atoms with Crippen molar-refractivity contribution in [1.82, 2.24) is 0 Å². The summed E-state index contributed by atoms with van der Waals surface area (Å²) in [4.78, 5) is 0. The number of rotatable bonds is 1. The van der Waals surface area contributed by atoms with Gasteiger partial charge in [-0.2, -0.15) is 0 Å². The van der Waals surface area contributed by atoms with E-state index in [0.717, 1.165) is 0 Å². The molecule has 0 aliphatic rings. The minimum atomic E-state index is -0.694. The quantitative estimate of drug-likeness (QED) is 0.664. The standard InChI is InChI=1S/C5H12NO.Y/c1-4(7)5(2,3)6;/h4,6-7H,1-3H3;/q-1;. The van der Waals surface area contributed by atoms with Gasteiger partial charge in [-0.25, -0.2) is 0 Å². The van der Waals surface area contributed by atoms with E-state index in [1.54, 1.807) is 20.8 Å². The third-order valence-corrected chi connectivity index (χ3v) is 1.04. The van der Waals surface area contributed by atoms with E-state index in [2.05, 4.69) is 0 Å². The molecule has 3 heteroatoms. The van der Waals surface area contributed by atoms with Crippen molar-refractivity contribution in [2.24, 2.45) is 0 Å². The Labute approximate surface area is 75.7 Å². The molecule has 1 unspecified atom stereocenters. The van der Waals surface area contributed by atoms with Crippen molar-refractivity contribution in [2.45, 2.75) is 32.4 Å². The largest absolute Gasteiger partial charge is 0.670 e. The van der Waals surface area contributed by atoms with Crippen LogP contribution < -0.4 is 0 Å². The fourth-order valence-corrected chi connectivity index (χ4v) is 0. The van der Waals surface area contributed by atoms with Gasteiger partial charge < -0.3 is 10.8 Å². The SMILES string of the molecule is CC(O)C(C)(C)[NH-].[Y]. The van der Waals surface area contributed by atoms with Crippen LogP contribution in [0.2, 0.25) is 0 Å². The second kappa shape index (κ2) is 3.94. The predicted octanol–water partition coefficient (Wildman–Crippen LogP) is 1.20. The van der Waals surface area contributed by atoms with E-state index in [1.165, 1.54) is 0 Å². The molecule has 0 saturated carbocycles. The summed E-state index contributed by atoms with van der Waals surface area (Å²) >= 11 is 0. The van der Waals surface area contributed by atoms with Crippen LogP contribution in [0.3, 0.4) is 0 Å². The minimum Gasteiger partial charge on any atom is -0.670 e. The van der Waals surface area contributed by atoms with Crippen LogP contribution in [-0.4, -0.2) is 16.7 Å². The van der Waals surface area contributed by atoms with Crippen LogP contribution >= 0.6 is 0 Å². The van der Waals surface area contributed by atoms with Gasteiger partial charge in [0.05, 0.1) is 0 Å². The zero-order valence-electron chi connectivity index (χ0n) is 5.60. The van der Waals surface area contributed by atoms with Crippen LogP contribution in [0.1, 0.15) is 20.8 Å². The Hall–Kier alpha value is 1.02. The molecule has 0 aliphatic heterocycles. The minimum absolute atomic E-state index is 0. The van der Waals surface area contributed by atoms with Crippen LogP contribution in [0.5, 0.6) is 0 Å². The smallest absolute Gasteiger partial charge is 0.0373 e. The molecule has 8 heavy (non-hydrogen) atoms. The van der Waals surface area contributed by atoms with Crippen LogP contribution in [0.25, 0.3) is 5.73 Å². The first kappa shape index (κ1) is 11.8. The van der Waals surface area contributed by atoms with Crippen molar-refractivity contribution in [3.8, 4) is 0 Å². The molecular formula is C5H12NOY-. The topological polar surface area (TPSA) is 44.0 Å². The van der Waals surface area contributed by atoms with Gasteiger partial charge in [-0.1, -0.05) is 13.8 Å². The second-order valence-electron chi connectivity index (χ2n) is 2.40. The molecule has 0 bridgehead atoms. The Balaban J connectivity index is 0. The normalized spacial score (nSPS) is 14.6. The molecule has 2 N–H and O–H groups in total. The molecule has 1 atom stereocenters. The molecule has 0 fully saturated rings. The number of aliphatic hydroxyl groups is 1. The average molecular weight is 191 g/mol. The van der Waals surface area contributed by atoms with Crippen molar-refractivity contribution in [3.05, 3.63) is 5.73 Å². The van der Waals surface area contributed by atoms with Crippen molar-refractivity contribution in [3.63, 3.8) is 0 Å². The molecule has 0 rings (SSSR count). The summed E-state index contributed by atoms with van der Waals surface area (Å²) in [7, 11) is 0. The molecule has 1 radical (unpaired) electrons. The summed E-state index contributed by atoms with van der Waals surface area (Å²) in [6.07, 6.45) is -0.535. The summed E-state index contributed by atoms with van der Waals surface area (Å²) in [6, 6.07) is 0. The summed E-state index contributed by atoms with van der Waals surface area (Å²) in [6.45, 7) is 4.97. The Morgan fingerprint density at radius 3 is 1.62 bits per heavy atom. The van der Waals surface area contributed by atoms with Gasteiger partial charge in [0.25, 0.3) is 0 Å². The zero-order chi connectivity index (χ0) is 6.08. The number of hydrogen-bond donors (Lipinski definition) is 1. The van der Waals surface area contributed by atoms with E-state index in [9.17, 15) is 0 Å². The van der Waals surface area contributed by atoms with Crippen LogP contribution in [0, 0.1) is 0 Å². The number of hydrogen-bond acceptors (Lipinski definition) is 1. The van der Waals surface area contributed by atoms with Gasteiger partial charge in [0.1, 0.15) is 0 Å². The molecule has 0 aromatic carbocycles. The van der Waals surface area contributed by atoms with Gasteiger partial charge in [0.2, 0.25) is 0 Å². The Kier molecular flexibility index (Phi) is 5.80. The fraction of sp³-hybridized carbons (Fsp3) is 1.00. The Morgan fingerprint density at radius 1 is 1.50 bits per heavy atom. The number of nitrogens with one attached hydrogen (secondary N) is 1. The van der Waals surface area contributed by atoms with E-state index < -0.39 is 11.6 Å². The Morgan fingerprint density at radius 2 is 1.62 bits per heavy atom. The van der Waals surface area contributed by atoms with E-state index in [0.29, 0.717) is 0 Å². The van der Waals surface area contributed by atoms with E-state index in [4.69, 9.17) is 10.8 Å². The first-order valence-corrected chi connectivity index (χ1v) is 2.37. The summed E-state index contributed by atoms with van der Waals surface area (Å²) < 4.78 is 0. The molecule has 0 spiro atoms. The Bertz CT molecular complexity index is 57.9. The molecule has 0 amide bonds. The summed E-state index contributed by atoms with van der Waals surface area (Å²) in [5.74, 6) is 0. The van der Waals surface area contributed by atoms with Gasteiger partial charge >= 0.3 is 0 Å².